The quantitative estimate of drug-likeness (QED) is 0.420. The lowest BCUT2D eigenvalue weighted by Crippen LogP contribution is -2.35. The van der Waals surface area contributed by atoms with E-state index in [0.717, 1.165) is 12.8 Å². The number of rotatable bonds is 12. The van der Waals surface area contributed by atoms with Crippen LogP contribution in [-0.2, 0) is 9.59 Å². The topological polar surface area (TPSA) is 58.2 Å². The van der Waals surface area contributed by atoms with E-state index in [9.17, 15) is 14.0 Å². The van der Waals surface area contributed by atoms with Gasteiger partial charge < -0.3 is 10.6 Å². The maximum atomic E-state index is 13.0. The van der Waals surface area contributed by atoms with E-state index >= 15 is 0 Å². The molecular formula is C20H31FN2O2. The van der Waals surface area contributed by atoms with Crippen molar-refractivity contribution in [1.82, 2.24) is 5.32 Å². The van der Waals surface area contributed by atoms with Gasteiger partial charge >= 0.3 is 11.8 Å². The minimum atomic E-state index is -0.766. The number of amides is 2. The minimum absolute atomic E-state index is 0.277. The first kappa shape index (κ1) is 21.1. The normalized spacial score (nSPS) is 10.5. The summed E-state index contributed by atoms with van der Waals surface area (Å²) >= 11 is 0. The van der Waals surface area contributed by atoms with Crippen molar-refractivity contribution in [2.24, 2.45) is 0 Å². The third-order valence-corrected chi connectivity index (χ3v) is 4.10. The van der Waals surface area contributed by atoms with Crippen LogP contribution in [0.2, 0.25) is 0 Å². The van der Waals surface area contributed by atoms with Crippen molar-refractivity contribution in [3.63, 3.8) is 0 Å². The van der Waals surface area contributed by atoms with Crippen LogP contribution in [0, 0.1) is 5.82 Å². The van der Waals surface area contributed by atoms with Crippen LogP contribution in [0.15, 0.2) is 24.3 Å². The third kappa shape index (κ3) is 10.5. The van der Waals surface area contributed by atoms with E-state index in [2.05, 4.69) is 17.6 Å². The molecule has 1 aromatic rings. The Labute approximate surface area is 150 Å². The van der Waals surface area contributed by atoms with Crippen molar-refractivity contribution >= 4 is 17.5 Å². The average Bonchev–Trinajstić information content (AvgIpc) is 2.59. The molecule has 0 aromatic heterocycles. The molecule has 1 aromatic carbocycles. The van der Waals surface area contributed by atoms with Gasteiger partial charge in [0.1, 0.15) is 5.82 Å². The fourth-order valence-electron chi connectivity index (χ4n) is 2.65. The monoisotopic (exact) mass is 350 g/mol. The summed E-state index contributed by atoms with van der Waals surface area (Å²) in [6.45, 7) is 2.72. The molecular weight excluding hydrogens is 319 g/mol. The van der Waals surface area contributed by atoms with Gasteiger partial charge in [0.25, 0.3) is 0 Å². The van der Waals surface area contributed by atoms with Gasteiger partial charge in [-0.15, -0.1) is 0 Å². The zero-order valence-corrected chi connectivity index (χ0v) is 15.3. The fourth-order valence-corrected chi connectivity index (χ4v) is 2.65. The second-order valence-electron chi connectivity index (χ2n) is 6.40. The maximum absolute atomic E-state index is 13.0. The Hall–Kier alpha value is -1.91. The predicted molar refractivity (Wildman–Crippen MR) is 99.9 cm³/mol. The van der Waals surface area contributed by atoms with E-state index in [0.29, 0.717) is 6.54 Å². The highest BCUT2D eigenvalue weighted by atomic mass is 19.1. The molecule has 0 atom stereocenters. The molecule has 0 aliphatic rings. The number of anilines is 1. The number of hydrogen-bond acceptors (Lipinski definition) is 2. The lowest BCUT2D eigenvalue weighted by atomic mass is 10.1. The molecule has 0 heterocycles. The third-order valence-electron chi connectivity index (χ3n) is 4.10. The molecule has 0 unspecified atom stereocenters. The number of carbonyl (C=O) groups is 2. The standard InChI is InChI=1S/C20H31FN2O2/c1-2-3-4-5-6-7-8-9-10-11-15-22-19(24)20(25)23-18-14-12-13-17(21)16-18/h12-14,16H,2-11,15H2,1H3,(H,22,24)(H,23,25). The molecule has 25 heavy (non-hydrogen) atoms. The summed E-state index contributed by atoms with van der Waals surface area (Å²) in [6.07, 6.45) is 12.2. The van der Waals surface area contributed by atoms with E-state index < -0.39 is 17.6 Å². The molecule has 2 amide bonds. The minimum Gasteiger partial charge on any atom is -0.348 e. The largest absolute Gasteiger partial charge is 0.348 e. The van der Waals surface area contributed by atoms with Gasteiger partial charge in [0.05, 0.1) is 0 Å². The molecule has 1 rings (SSSR count). The molecule has 5 heteroatoms. The molecule has 2 N–H and O–H groups in total. The van der Waals surface area contributed by atoms with Crippen LogP contribution in [0.5, 0.6) is 0 Å². The molecule has 140 valence electrons. The SMILES string of the molecule is CCCCCCCCCCCCNC(=O)C(=O)Nc1cccc(F)c1. The molecule has 0 aliphatic carbocycles. The molecule has 0 saturated carbocycles. The highest BCUT2D eigenvalue weighted by Gasteiger charge is 2.12. The number of unbranched alkanes of at least 4 members (excludes halogenated alkanes) is 9. The molecule has 0 spiro atoms. The summed E-state index contributed by atoms with van der Waals surface area (Å²) in [5, 5.41) is 4.98. The van der Waals surface area contributed by atoms with Crippen LogP contribution in [0.1, 0.15) is 71.1 Å². The molecule has 0 radical (unpaired) electrons. The molecule has 0 bridgehead atoms. The molecule has 4 nitrogen and oxygen atoms in total. The highest BCUT2D eigenvalue weighted by Crippen LogP contribution is 2.10. The first-order valence-corrected chi connectivity index (χ1v) is 9.48. The van der Waals surface area contributed by atoms with Gasteiger partial charge in [-0.2, -0.15) is 0 Å². The van der Waals surface area contributed by atoms with E-state index in [1.54, 1.807) is 0 Å². The van der Waals surface area contributed by atoms with Crippen LogP contribution in [0.25, 0.3) is 0 Å². The van der Waals surface area contributed by atoms with Gasteiger partial charge in [-0.1, -0.05) is 70.8 Å². The zero-order chi connectivity index (χ0) is 18.3. The van der Waals surface area contributed by atoms with E-state index in [-0.39, 0.29) is 5.69 Å². The predicted octanol–water partition coefficient (Wildman–Crippen LogP) is 4.80. The van der Waals surface area contributed by atoms with Crippen molar-refractivity contribution < 1.29 is 14.0 Å². The summed E-state index contributed by atoms with van der Waals surface area (Å²) in [6, 6.07) is 5.47. The second kappa shape index (κ2) is 13.4. The second-order valence-corrected chi connectivity index (χ2v) is 6.40. The summed E-state index contributed by atoms with van der Waals surface area (Å²) in [7, 11) is 0. The van der Waals surface area contributed by atoms with Gasteiger partial charge in [0.2, 0.25) is 0 Å². The van der Waals surface area contributed by atoms with Gasteiger partial charge in [-0.3, -0.25) is 9.59 Å². The van der Waals surface area contributed by atoms with Crippen LogP contribution in [0.4, 0.5) is 10.1 Å². The van der Waals surface area contributed by atoms with E-state index in [1.807, 2.05) is 0 Å². The zero-order valence-electron chi connectivity index (χ0n) is 15.3. The van der Waals surface area contributed by atoms with Crippen molar-refractivity contribution in [3.8, 4) is 0 Å². The van der Waals surface area contributed by atoms with Gasteiger partial charge in [-0.05, 0) is 24.6 Å². The molecule has 0 saturated heterocycles. The van der Waals surface area contributed by atoms with Crippen molar-refractivity contribution in [1.29, 1.82) is 0 Å². The summed E-state index contributed by atoms with van der Waals surface area (Å²) in [5.41, 5.74) is 0.277. The highest BCUT2D eigenvalue weighted by molar-refractivity contribution is 6.39. The first-order chi connectivity index (χ1) is 12.1. The number of benzene rings is 1. The molecule has 0 aliphatic heterocycles. The number of halogens is 1. The average molecular weight is 350 g/mol. The lowest BCUT2D eigenvalue weighted by Gasteiger charge is -2.07. The van der Waals surface area contributed by atoms with Crippen LogP contribution >= 0.6 is 0 Å². The Morgan fingerprint density at radius 3 is 2.08 bits per heavy atom. The van der Waals surface area contributed by atoms with Gasteiger partial charge in [0, 0.05) is 12.2 Å². The number of hydrogen-bond donors (Lipinski definition) is 2. The smallest absolute Gasteiger partial charge is 0.313 e. The Bertz CT molecular complexity index is 520. The summed E-state index contributed by atoms with van der Waals surface area (Å²) in [4.78, 5) is 23.4. The van der Waals surface area contributed by atoms with Gasteiger partial charge in [0.15, 0.2) is 0 Å². The Morgan fingerprint density at radius 1 is 0.880 bits per heavy atom. The molecule has 0 fully saturated rings. The number of nitrogens with one attached hydrogen (secondary N) is 2. The van der Waals surface area contributed by atoms with E-state index in [1.165, 1.54) is 75.6 Å². The fraction of sp³-hybridized carbons (Fsp3) is 0.600. The first-order valence-electron chi connectivity index (χ1n) is 9.48. The van der Waals surface area contributed by atoms with Crippen molar-refractivity contribution in [2.75, 3.05) is 11.9 Å². The number of carbonyl (C=O) groups excluding carboxylic acids is 2. The summed E-state index contributed by atoms with van der Waals surface area (Å²) in [5.74, 6) is -1.90. The lowest BCUT2D eigenvalue weighted by molar-refractivity contribution is -0.136. The van der Waals surface area contributed by atoms with Crippen molar-refractivity contribution in [2.45, 2.75) is 71.1 Å². The Kier molecular flexibility index (Phi) is 11.3. The summed E-state index contributed by atoms with van der Waals surface area (Å²) < 4.78 is 13.0. The Morgan fingerprint density at radius 2 is 1.48 bits per heavy atom. The van der Waals surface area contributed by atoms with Crippen molar-refractivity contribution in [3.05, 3.63) is 30.1 Å². The van der Waals surface area contributed by atoms with Crippen LogP contribution in [0.3, 0.4) is 0 Å². The van der Waals surface area contributed by atoms with E-state index in [4.69, 9.17) is 0 Å². The Balaban J connectivity index is 2.00. The maximum Gasteiger partial charge on any atom is 0.313 e. The van der Waals surface area contributed by atoms with Gasteiger partial charge in [-0.25, -0.2) is 4.39 Å². The van der Waals surface area contributed by atoms with Crippen LogP contribution < -0.4 is 10.6 Å². The van der Waals surface area contributed by atoms with Crippen LogP contribution in [-0.4, -0.2) is 18.4 Å².